The van der Waals surface area contributed by atoms with Gasteiger partial charge in [0, 0.05) is 6.20 Å². The van der Waals surface area contributed by atoms with E-state index in [9.17, 15) is 0 Å². The number of rotatable bonds is 3. The second-order valence-corrected chi connectivity index (χ2v) is 4.96. The van der Waals surface area contributed by atoms with Crippen LogP contribution in [0.4, 0.5) is 0 Å². The zero-order valence-corrected chi connectivity index (χ0v) is 12.0. The van der Waals surface area contributed by atoms with E-state index in [1.54, 1.807) is 6.20 Å². The minimum Gasteiger partial charge on any atom is -0.438 e. The smallest absolute Gasteiger partial charge is 0.229 e. The third kappa shape index (κ3) is 2.90. The second kappa shape index (κ2) is 5.36. The van der Waals surface area contributed by atoms with Crippen molar-refractivity contribution in [1.82, 2.24) is 4.98 Å². The molecule has 0 bridgehead atoms. The lowest BCUT2D eigenvalue weighted by Gasteiger charge is -2.12. The Hall–Kier alpha value is -1.94. The molecule has 0 saturated carbocycles. The summed E-state index contributed by atoms with van der Waals surface area (Å²) in [5.74, 6) is 1.19. The zero-order chi connectivity index (χ0) is 14.0. The summed E-state index contributed by atoms with van der Waals surface area (Å²) < 4.78 is 5.81. The van der Waals surface area contributed by atoms with E-state index < -0.39 is 0 Å². The Morgan fingerprint density at radius 2 is 1.84 bits per heavy atom. The van der Waals surface area contributed by atoms with Gasteiger partial charge in [0.2, 0.25) is 5.88 Å². The summed E-state index contributed by atoms with van der Waals surface area (Å²) in [6.45, 7) is 6.04. The van der Waals surface area contributed by atoms with Gasteiger partial charge in [0.15, 0.2) is 0 Å². The first-order chi connectivity index (χ1) is 8.99. The number of benzene rings is 1. The first-order valence-corrected chi connectivity index (χ1v) is 6.40. The van der Waals surface area contributed by atoms with Gasteiger partial charge in [-0.3, -0.25) is 0 Å². The van der Waals surface area contributed by atoms with Crippen LogP contribution in [0.15, 0.2) is 30.5 Å². The third-order valence-corrected chi connectivity index (χ3v) is 3.27. The number of ether oxygens (including phenoxy) is 1. The molecule has 0 aliphatic heterocycles. The highest BCUT2D eigenvalue weighted by Crippen LogP contribution is 2.26. The summed E-state index contributed by atoms with van der Waals surface area (Å²) >= 11 is 5.06. The quantitative estimate of drug-likeness (QED) is 0.870. The molecule has 0 aliphatic carbocycles. The molecule has 0 unspecified atom stereocenters. The molecule has 0 aliphatic rings. The fourth-order valence-corrected chi connectivity index (χ4v) is 2.05. The van der Waals surface area contributed by atoms with Gasteiger partial charge in [-0.05, 0) is 55.7 Å². The summed E-state index contributed by atoms with van der Waals surface area (Å²) in [5, 5.41) is 0. The van der Waals surface area contributed by atoms with E-state index >= 15 is 0 Å². The SMILES string of the molecule is Cc1ccc(Oc2nccc(C)c2C(N)=S)cc1C. The molecule has 0 radical (unpaired) electrons. The number of hydrogen-bond acceptors (Lipinski definition) is 3. The summed E-state index contributed by atoms with van der Waals surface area (Å²) in [6, 6.07) is 7.76. The number of nitrogens with zero attached hydrogens (tertiary/aromatic N) is 1. The van der Waals surface area contributed by atoms with Gasteiger partial charge >= 0.3 is 0 Å². The Labute approximate surface area is 118 Å². The van der Waals surface area contributed by atoms with E-state index in [0.29, 0.717) is 16.4 Å². The maximum Gasteiger partial charge on any atom is 0.229 e. The molecule has 3 nitrogen and oxygen atoms in total. The Kier molecular flexibility index (Phi) is 3.81. The highest BCUT2D eigenvalue weighted by Gasteiger charge is 2.12. The van der Waals surface area contributed by atoms with Crippen LogP contribution in [0.2, 0.25) is 0 Å². The predicted molar refractivity (Wildman–Crippen MR) is 80.9 cm³/mol. The lowest BCUT2D eigenvalue weighted by atomic mass is 10.1. The molecule has 0 spiro atoms. The highest BCUT2D eigenvalue weighted by atomic mass is 32.1. The van der Waals surface area contributed by atoms with Crippen molar-refractivity contribution in [3.05, 3.63) is 52.7 Å². The summed E-state index contributed by atoms with van der Waals surface area (Å²) in [7, 11) is 0. The summed E-state index contributed by atoms with van der Waals surface area (Å²) in [4.78, 5) is 4.51. The van der Waals surface area contributed by atoms with Crippen molar-refractivity contribution in [3.63, 3.8) is 0 Å². The molecule has 0 amide bonds. The first-order valence-electron chi connectivity index (χ1n) is 5.99. The minimum atomic E-state index is 0.296. The van der Waals surface area contributed by atoms with Crippen LogP contribution < -0.4 is 10.5 Å². The fraction of sp³-hybridized carbons (Fsp3) is 0.200. The maximum atomic E-state index is 5.81. The molecule has 2 rings (SSSR count). The second-order valence-electron chi connectivity index (χ2n) is 4.52. The van der Waals surface area contributed by atoms with Crippen LogP contribution in [-0.4, -0.2) is 9.97 Å². The van der Waals surface area contributed by atoms with Gasteiger partial charge in [-0.15, -0.1) is 0 Å². The summed E-state index contributed by atoms with van der Waals surface area (Å²) in [6.07, 6.45) is 1.69. The third-order valence-electron chi connectivity index (χ3n) is 3.06. The van der Waals surface area contributed by atoms with E-state index in [0.717, 1.165) is 11.3 Å². The van der Waals surface area contributed by atoms with Crippen molar-refractivity contribution in [2.75, 3.05) is 0 Å². The predicted octanol–water partition coefficient (Wildman–Crippen LogP) is 3.43. The topological polar surface area (TPSA) is 48.1 Å². The van der Waals surface area contributed by atoms with E-state index in [2.05, 4.69) is 11.9 Å². The van der Waals surface area contributed by atoms with Crippen LogP contribution in [0.25, 0.3) is 0 Å². The average Bonchev–Trinajstić information content (AvgIpc) is 2.33. The molecule has 4 heteroatoms. The van der Waals surface area contributed by atoms with Crippen molar-refractivity contribution in [2.24, 2.45) is 5.73 Å². The van der Waals surface area contributed by atoms with Gasteiger partial charge in [-0.1, -0.05) is 18.3 Å². The van der Waals surface area contributed by atoms with Crippen molar-refractivity contribution in [3.8, 4) is 11.6 Å². The maximum absolute atomic E-state index is 5.81. The molecule has 1 heterocycles. The van der Waals surface area contributed by atoms with Gasteiger partial charge in [0.1, 0.15) is 10.7 Å². The Bertz CT molecular complexity index is 638. The molecule has 0 atom stereocenters. The molecule has 1 aromatic heterocycles. The van der Waals surface area contributed by atoms with Crippen LogP contribution in [0.3, 0.4) is 0 Å². The molecule has 19 heavy (non-hydrogen) atoms. The van der Waals surface area contributed by atoms with Crippen molar-refractivity contribution in [2.45, 2.75) is 20.8 Å². The van der Waals surface area contributed by atoms with E-state index in [4.69, 9.17) is 22.7 Å². The Balaban J connectivity index is 2.40. The molecule has 2 aromatic rings. The number of nitrogens with two attached hydrogens (primary N) is 1. The van der Waals surface area contributed by atoms with Crippen molar-refractivity contribution < 1.29 is 4.74 Å². The van der Waals surface area contributed by atoms with E-state index in [1.165, 1.54) is 11.1 Å². The normalized spacial score (nSPS) is 10.3. The first kappa shape index (κ1) is 13.5. The van der Waals surface area contributed by atoms with Gasteiger partial charge in [-0.2, -0.15) is 0 Å². The molecule has 2 N–H and O–H groups in total. The largest absolute Gasteiger partial charge is 0.438 e. The number of aryl methyl sites for hydroxylation is 3. The molecule has 1 aromatic carbocycles. The molecule has 0 fully saturated rings. The van der Waals surface area contributed by atoms with Crippen LogP contribution in [0.5, 0.6) is 11.6 Å². The van der Waals surface area contributed by atoms with Gasteiger partial charge in [0.25, 0.3) is 0 Å². The van der Waals surface area contributed by atoms with Crippen molar-refractivity contribution >= 4 is 17.2 Å². The number of pyridine rings is 1. The van der Waals surface area contributed by atoms with Gasteiger partial charge in [0.05, 0.1) is 5.56 Å². The zero-order valence-electron chi connectivity index (χ0n) is 11.2. The van der Waals surface area contributed by atoms with Gasteiger partial charge < -0.3 is 10.5 Å². The fourth-order valence-electron chi connectivity index (χ4n) is 1.80. The van der Waals surface area contributed by atoms with Crippen LogP contribution in [-0.2, 0) is 0 Å². The number of thiocarbonyl (C=S) groups is 1. The van der Waals surface area contributed by atoms with E-state index in [1.807, 2.05) is 38.1 Å². The lowest BCUT2D eigenvalue weighted by molar-refractivity contribution is 0.461. The Morgan fingerprint density at radius 3 is 2.47 bits per heavy atom. The van der Waals surface area contributed by atoms with E-state index in [-0.39, 0.29) is 0 Å². The molecular formula is C15H16N2OS. The minimum absolute atomic E-state index is 0.296. The Morgan fingerprint density at radius 1 is 1.11 bits per heavy atom. The molecular weight excluding hydrogens is 256 g/mol. The molecule has 0 saturated heterocycles. The average molecular weight is 272 g/mol. The number of hydrogen-bond donors (Lipinski definition) is 1. The monoisotopic (exact) mass is 272 g/mol. The van der Waals surface area contributed by atoms with Crippen molar-refractivity contribution in [1.29, 1.82) is 0 Å². The molecule has 98 valence electrons. The van der Waals surface area contributed by atoms with Gasteiger partial charge in [-0.25, -0.2) is 4.98 Å². The van der Waals surface area contributed by atoms with Crippen LogP contribution >= 0.6 is 12.2 Å². The highest BCUT2D eigenvalue weighted by molar-refractivity contribution is 7.80. The van der Waals surface area contributed by atoms with Crippen LogP contribution in [0, 0.1) is 20.8 Å². The standard InChI is InChI=1S/C15H16N2OS/c1-9-4-5-12(8-11(9)3)18-15-13(14(16)19)10(2)6-7-17-15/h4-8H,1-3H3,(H2,16,19). The summed E-state index contributed by atoms with van der Waals surface area (Å²) in [5.41, 5.74) is 9.77. The lowest BCUT2D eigenvalue weighted by Crippen LogP contribution is -2.13. The number of aromatic nitrogens is 1. The van der Waals surface area contributed by atoms with Crippen LogP contribution in [0.1, 0.15) is 22.3 Å².